The second-order valence-corrected chi connectivity index (χ2v) is 4.57. The van der Waals surface area contributed by atoms with E-state index in [1.807, 2.05) is 14.0 Å². The molecule has 0 saturated carbocycles. The van der Waals surface area contributed by atoms with Gasteiger partial charge in [0.1, 0.15) is 11.3 Å². The van der Waals surface area contributed by atoms with Crippen LogP contribution in [0.25, 0.3) is 11.0 Å². The molecule has 1 heterocycles. The van der Waals surface area contributed by atoms with Gasteiger partial charge in [-0.05, 0) is 39.4 Å². The number of hydrogen-bond acceptors (Lipinski definition) is 3. The molecule has 0 aliphatic rings. The predicted molar refractivity (Wildman–Crippen MR) is 73.8 cm³/mol. The molecule has 0 radical (unpaired) electrons. The van der Waals surface area contributed by atoms with Crippen molar-refractivity contribution in [1.82, 2.24) is 5.32 Å². The Morgan fingerprint density at radius 3 is 2.78 bits per heavy atom. The third kappa shape index (κ3) is 2.42. The van der Waals surface area contributed by atoms with Crippen molar-refractivity contribution < 1.29 is 9.15 Å². The minimum absolute atomic E-state index is 0.0803. The number of fused-ring (bicyclic) bond motifs is 1. The molecule has 0 bridgehead atoms. The van der Waals surface area contributed by atoms with Gasteiger partial charge in [0.05, 0.1) is 12.1 Å². The van der Waals surface area contributed by atoms with E-state index in [1.165, 1.54) is 0 Å². The van der Waals surface area contributed by atoms with Gasteiger partial charge >= 0.3 is 0 Å². The lowest BCUT2D eigenvalue weighted by Crippen LogP contribution is -2.29. The standard InChI is InChI=1S/C15H21NO2/c1-5-17-11(3)14(16-4)13-9-12-8-6-7-10(2)15(12)18-13/h6-9,11,14,16H,5H2,1-4H3. The summed E-state index contributed by atoms with van der Waals surface area (Å²) in [7, 11) is 1.93. The van der Waals surface area contributed by atoms with E-state index in [0.29, 0.717) is 6.61 Å². The molecule has 98 valence electrons. The van der Waals surface area contributed by atoms with Gasteiger partial charge in [0.25, 0.3) is 0 Å². The van der Waals surface area contributed by atoms with Crippen molar-refractivity contribution in [3.63, 3.8) is 0 Å². The second kappa shape index (κ2) is 5.55. The van der Waals surface area contributed by atoms with E-state index in [4.69, 9.17) is 9.15 Å². The third-order valence-electron chi connectivity index (χ3n) is 3.28. The molecule has 0 amide bonds. The molecule has 18 heavy (non-hydrogen) atoms. The Balaban J connectivity index is 2.37. The first-order valence-electron chi connectivity index (χ1n) is 6.45. The molecule has 2 aromatic rings. The molecule has 1 N–H and O–H groups in total. The van der Waals surface area contributed by atoms with Crippen LogP contribution in [0.4, 0.5) is 0 Å². The SMILES string of the molecule is CCOC(C)C(NC)c1cc2cccc(C)c2o1. The minimum atomic E-state index is 0.0803. The van der Waals surface area contributed by atoms with E-state index >= 15 is 0 Å². The molecule has 2 unspecified atom stereocenters. The molecule has 0 aliphatic carbocycles. The highest BCUT2D eigenvalue weighted by atomic mass is 16.5. The van der Waals surface area contributed by atoms with Gasteiger partial charge in [-0.3, -0.25) is 0 Å². The van der Waals surface area contributed by atoms with Gasteiger partial charge in [-0.25, -0.2) is 0 Å². The smallest absolute Gasteiger partial charge is 0.137 e. The van der Waals surface area contributed by atoms with Crippen LogP contribution in [0.3, 0.4) is 0 Å². The first-order chi connectivity index (χ1) is 8.67. The molecular weight excluding hydrogens is 226 g/mol. The summed E-state index contributed by atoms with van der Waals surface area (Å²) >= 11 is 0. The number of aryl methyl sites for hydroxylation is 1. The van der Waals surface area contributed by atoms with E-state index < -0.39 is 0 Å². The molecule has 3 heteroatoms. The lowest BCUT2D eigenvalue weighted by atomic mass is 10.1. The number of para-hydroxylation sites is 1. The Hall–Kier alpha value is -1.32. The third-order valence-corrected chi connectivity index (χ3v) is 3.28. The molecule has 2 atom stereocenters. The highest BCUT2D eigenvalue weighted by molar-refractivity contribution is 5.81. The molecule has 0 saturated heterocycles. The van der Waals surface area contributed by atoms with Crippen molar-refractivity contribution >= 4 is 11.0 Å². The van der Waals surface area contributed by atoms with Gasteiger partial charge in [-0.1, -0.05) is 18.2 Å². The number of furan rings is 1. The Labute approximate surface area is 108 Å². The van der Waals surface area contributed by atoms with Gasteiger partial charge in [0.2, 0.25) is 0 Å². The predicted octanol–water partition coefficient (Wildman–Crippen LogP) is 3.43. The Morgan fingerprint density at radius 1 is 1.39 bits per heavy atom. The van der Waals surface area contributed by atoms with E-state index in [1.54, 1.807) is 0 Å². The molecule has 3 nitrogen and oxygen atoms in total. The second-order valence-electron chi connectivity index (χ2n) is 4.57. The van der Waals surface area contributed by atoms with Crippen molar-refractivity contribution in [1.29, 1.82) is 0 Å². The summed E-state index contributed by atoms with van der Waals surface area (Å²) in [6.07, 6.45) is 0.0841. The average molecular weight is 247 g/mol. The first kappa shape index (κ1) is 13.1. The maximum absolute atomic E-state index is 5.98. The highest BCUT2D eigenvalue weighted by Crippen LogP contribution is 2.28. The van der Waals surface area contributed by atoms with Gasteiger partial charge < -0.3 is 14.5 Å². The fourth-order valence-electron chi connectivity index (χ4n) is 2.35. The lowest BCUT2D eigenvalue weighted by molar-refractivity contribution is 0.0440. The number of hydrogen-bond donors (Lipinski definition) is 1. The minimum Gasteiger partial charge on any atom is -0.459 e. The van der Waals surface area contributed by atoms with Crippen molar-refractivity contribution in [2.45, 2.75) is 32.9 Å². The monoisotopic (exact) mass is 247 g/mol. The number of likely N-dealkylation sites (N-methyl/N-ethyl adjacent to an activating group) is 1. The van der Waals surface area contributed by atoms with Crippen molar-refractivity contribution in [2.75, 3.05) is 13.7 Å². The summed E-state index contributed by atoms with van der Waals surface area (Å²) in [5.41, 5.74) is 2.13. The molecule has 2 rings (SSSR count). The number of benzene rings is 1. The topological polar surface area (TPSA) is 34.4 Å². The lowest BCUT2D eigenvalue weighted by Gasteiger charge is -2.21. The van der Waals surface area contributed by atoms with Crippen LogP contribution < -0.4 is 5.32 Å². The largest absolute Gasteiger partial charge is 0.459 e. The van der Waals surface area contributed by atoms with Crippen LogP contribution in [0.15, 0.2) is 28.7 Å². The summed E-state index contributed by atoms with van der Waals surface area (Å²) in [5, 5.41) is 4.41. The zero-order valence-electron chi connectivity index (χ0n) is 11.5. The highest BCUT2D eigenvalue weighted by Gasteiger charge is 2.21. The van der Waals surface area contributed by atoms with Gasteiger partial charge in [0.15, 0.2) is 0 Å². The van der Waals surface area contributed by atoms with Crippen molar-refractivity contribution in [3.8, 4) is 0 Å². The molecule has 1 aromatic carbocycles. The summed E-state index contributed by atoms with van der Waals surface area (Å²) in [6.45, 7) is 6.84. The first-order valence-corrected chi connectivity index (χ1v) is 6.45. The Kier molecular flexibility index (Phi) is 4.04. The zero-order valence-corrected chi connectivity index (χ0v) is 11.5. The summed E-state index contributed by atoms with van der Waals surface area (Å²) < 4.78 is 11.6. The van der Waals surface area contributed by atoms with Crippen molar-refractivity contribution in [3.05, 3.63) is 35.6 Å². The molecule has 0 aliphatic heterocycles. The average Bonchev–Trinajstić information content (AvgIpc) is 2.75. The van der Waals surface area contributed by atoms with E-state index in [2.05, 4.69) is 43.4 Å². The number of nitrogens with one attached hydrogen (secondary N) is 1. The van der Waals surface area contributed by atoms with Crippen LogP contribution in [0, 0.1) is 6.92 Å². The van der Waals surface area contributed by atoms with Gasteiger partial charge in [-0.15, -0.1) is 0 Å². The van der Waals surface area contributed by atoms with Crippen LogP contribution in [0.2, 0.25) is 0 Å². The number of rotatable bonds is 5. The quantitative estimate of drug-likeness (QED) is 0.879. The zero-order chi connectivity index (χ0) is 13.1. The van der Waals surface area contributed by atoms with Crippen molar-refractivity contribution in [2.24, 2.45) is 0 Å². The molecular formula is C15H21NO2. The molecule has 0 fully saturated rings. The van der Waals surface area contributed by atoms with Crippen LogP contribution in [-0.4, -0.2) is 19.8 Å². The summed E-state index contributed by atoms with van der Waals surface area (Å²) in [6, 6.07) is 8.37. The van der Waals surface area contributed by atoms with Gasteiger partial charge in [-0.2, -0.15) is 0 Å². The molecule has 0 spiro atoms. The van der Waals surface area contributed by atoms with E-state index in [0.717, 1.165) is 22.3 Å². The van der Waals surface area contributed by atoms with E-state index in [9.17, 15) is 0 Å². The van der Waals surface area contributed by atoms with Crippen LogP contribution in [0.5, 0.6) is 0 Å². The Morgan fingerprint density at radius 2 is 2.17 bits per heavy atom. The maximum atomic E-state index is 5.98. The number of ether oxygens (including phenoxy) is 1. The summed E-state index contributed by atoms with van der Waals surface area (Å²) in [5.74, 6) is 0.933. The normalized spacial score (nSPS) is 14.9. The van der Waals surface area contributed by atoms with E-state index in [-0.39, 0.29) is 12.1 Å². The Bertz CT molecular complexity index is 518. The molecule has 1 aromatic heterocycles. The van der Waals surface area contributed by atoms with Crippen LogP contribution >= 0.6 is 0 Å². The van der Waals surface area contributed by atoms with Crippen LogP contribution in [-0.2, 0) is 4.74 Å². The van der Waals surface area contributed by atoms with Crippen LogP contribution in [0.1, 0.15) is 31.2 Å². The fourth-order valence-corrected chi connectivity index (χ4v) is 2.35. The summed E-state index contributed by atoms with van der Waals surface area (Å²) in [4.78, 5) is 0. The van der Waals surface area contributed by atoms with Gasteiger partial charge in [0, 0.05) is 12.0 Å². The fraction of sp³-hybridized carbons (Fsp3) is 0.467. The maximum Gasteiger partial charge on any atom is 0.137 e.